The molecule has 0 bridgehead atoms. The van der Waals surface area contributed by atoms with Crippen molar-refractivity contribution in [2.75, 3.05) is 0 Å². The van der Waals surface area contributed by atoms with Gasteiger partial charge in [0.2, 0.25) is 0 Å². The molecule has 0 radical (unpaired) electrons. The van der Waals surface area contributed by atoms with Crippen LogP contribution in [0.15, 0.2) is 56.6 Å². The first-order chi connectivity index (χ1) is 10.4. The fourth-order valence-corrected chi connectivity index (χ4v) is 3.80. The molecule has 0 amide bonds. The van der Waals surface area contributed by atoms with Gasteiger partial charge in [0, 0.05) is 18.1 Å². The average Bonchev–Trinajstić information content (AvgIpc) is 2.73. The zero-order valence-corrected chi connectivity index (χ0v) is 13.2. The summed E-state index contributed by atoms with van der Waals surface area (Å²) in [6, 6.07) is 11.1. The van der Waals surface area contributed by atoms with Gasteiger partial charge in [-0.3, -0.25) is 4.57 Å². The summed E-state index contributed by atoms with van der Waals surface area (Å²) in [4.78, 5) is 11.6. The number of benzene rings is 2. The van der Waals surface area contributed by atoms with Gasteiger partial charge in [0.25, 0.3) is 0 Å². The van der Waals surface area contributed by atoms with Gasteiger partial charge in [0.15, 0.2) is 15.4 Å². The predicted octanol–water partition coefficient (Wildman–Crippen LogP) is 2.76. The lowest BCUT2D eigenvalue weighted by atomic mass is 10.2. The van der Waals surface area contributed by atoms with Gasteiger partial charge in [-0.15, -0.1) is 0 Å². The largest absolute Gasteiger partial charge is 0.419 e. The van der Waals surface area contributed by atoms with Gasteiger partial charge in [-0.1, -0.05) is 23.7 Å². The molecule has 7 heteroatoms. The Morgan fingerprint density at radius 1 is 1.18 bits per heavy atom. The Labute approximate surface area is 131 Å². The minimum Gasteiger partial charge on any atom is -0.408 e. The van der Waals surface area contributed by atoms with Crippen molar-refractivity contribution in [1.82, 2.24) is 4.57 Å². The van der Waals surface area contributed by atoms with E-state index < -0.39 is 15.6 Å². The van der Waals surface area contributed by atoms with Crippen LogP contribution in [-0.2, 0) is 22.6 Å². The highest BCUT2D eigenvalue weighted by Crippen LogP contribution is 2.22. The summed E-state index contributed by atoms with van der Waals surface area (Å²) in [5, 5.41) is 0.484. The van der Waals surface area contributed by atoms with E-state index in [1.165, 1.54) is 16.7 Å². The molecule has 1 aromatic heterocycles. The maximum absolute atomic E-state index is 12.5. The Morgan fingerprint density at radius 2 is 1.95 bits per heavy atom. The Morgan fingerprint density at radius 3 is 2.68 bits per heavy atom. The molecular weight excluding hydrogens is 326 g/mol. The van der Waals surface area contributed by atoms with Crippen LogP contribution in [0.1, 0.15) is 5.56 Å². The number of fused-ring (bicyclic) bond motifs is 1. The Bertz CT molecular complexity index is 1020. The zero-order valence-electron chi connectivity index (χ0n) is 11.6. The van der Waals surface area contributed by atoms with Crippen molar-refractivity contribution >= 4 is 32.5 Å². The number of halogens is 1. The molecule has 0 atom stereocenters. The molecule has 0 fully saturated rings. The summed E-state index contributed by atoms with van der Waals surface area (Å²) in [5.74, 6) is -0.699. The van der Waals surface area contributed by atoms with Crippen molar-refractivity contribution in [2.45, 2.75) is 10.6 Å². The van der Waals surface area contributed by atoms with Crippen molar-refractivity contribution in [3.63, 3.8) is 0 Å². The van der Waals surface area contributed by atoms with Crippen LogP contribution in [0.2, 0.25) is 5.02 Å². The van der Waals surface area contributed by atoms with Gasteiger partial charge in [0.05, 0.1) is 16.2 Å². The number of sulfone groups is 1. The molecule has 0 aliphatic carbocycles. The molecule has 0 saturated heterocycles. The minimum atomic E-state index is -3.56. The maximum Gasteiger partial charge on any atom is 0.419 e. The molecule has 1 heterocycles. The molecule has 2 aromatic carbocycles. The molecule has 0 unspecified atom stereocenters. The van der Waals surface area contributed by atoms with Crippen LogP contribution in [0.5, 0.6) is 0 Å². The Balaban J connectivity index is 2.03. The fraction of sp³-hybridized carbons (Fsp3) is 0.133. The highest BCUT2D eigenvalue weighted by Gasteiger charge is 2.18. The van der Waals surface area contributed by atoms with Crippen molar-refractivity contribution in [2.24, 2.45) is 7.05 Å². The second-order valence-electron chi connectivity index (χ2n) is 4.95. The van der Waals surface area contributed by atoms with Crippen LogP contribution in [0.25, 0.3) is 11.1 Å². The third-order valence-corrected chi connectivity index (χ3v) is 5.29. The number of aromatic nitrogens is 1. The first-order valence-electron chi connectivity index (χ1n) is 6.43. The van der Waals surface area contributed by atoms with E-state index in [2.05, 4.69) is 0 Å². The number of aryl methyl sites for hydroxylation is 1. The maximum atomic E-state index is 12.5. The fourth-order valence-electron chi connectivity index (χ4n) is 2.24. The number of oxazole rings is 1. The van der Waals surface area contributed by atoms with E-state index in [1.54, 1.807) is 37.4 Å². The van der Waals surface area contributed by atoms with Crippen LogP contribution in [-0.4, -0.2) is 13.0 Å². The number of hydrogen-bond donors (Lipinski definition) is 0. The van der Waals surface area contributed by atoms with E-state index in [0.717, 1.165) is 0 Å². The topological polar surface area (TPSA) is 69.3 Å². The molecular formula is C15H12ClNO4S. The van der Waals surface area contributed by atoms with Crippen molar-refractivity contribution in [3.05, 3.63) is 63.6 Å². The van der Waals surface area contributed by atoms with Gasteiger partial charge in [-0.2, -0.15) is 0 Å². The molecule has 0 N–H and O–H groups in total. The first kappa shape index (κ1) is 14.9. The molecule has 0 aliphatic heterocycles. The second-order valence-corrected chi connectivity index (χ2v) is 7.37. The third kappa shape index (κ3) is 2.67. The zero-order chi connectivity index (χ0) is 15.9. The highest BCUT2D eigenvalue weighted by atomic mass is 35.5. The quantitative estimate of drug-likeness (QED) is 0.737. The summed E-state index contributed by atoms with van der Waals surface area (Å²) in [5.41, 5.74) is 1.40. The van der Waals surface area contributed by atoms with Gasteiger partial charge >= 0.3 is 5.76 Å². The lowest BCUT2D eigenvalue weighted by molar-refractivity contribution is 0.527. The van der Waals surface area contributed by atoms with Gasteiger partial charge in [-0.25, -0.2) is 13.2 Å². The summed E-state index contributed by atoms with van der Waals surface area (Å²) < 4.78 is 31.3. The van der Waals surface area contributed by atoms with Crippen molar-refractivity contribution in [1.29, 1.82) is 0 Å². The molecule has 114 valence electrons. The van der Waals surface area contributed by atoms with E-state index in [4.69, 9.17) is 16.0 Å². The molecule has 3 rings (SSSR count). The average molecular weight is 338 g/mol. The molecule has 0 spiro atoms. The summed E-state index contributed by atoms with van der Waals surface area (Å²) >= 11 is 5.87. The molecule has 3 aromatic rings. The number of rotatable bonds is 3. The number of nitrogens with zero attached hydrogens (tertiary/aromatic N) is 1. The van der Waals surface area contributed by atoms with Crippen LogP contribution < -0.4 is 5.76 Å². The lowest BCUT2D eigenvalue weighted by Crippen LogP contribution is -2.08. The standard InChI is InChI=1S/C15H12ClNO4S/c1-17-13-6-5-12(8-14(13)21-15(17)18)22(19,20)9-10-3-2-4-11(16)7-10/h2-8H,9H2,1H3. The minimum absolute atomic E-state index is 0.106. The molecule has 22 heavy (non-hydrogen) atoms. The first-order valence-corrected chi connectivity index (χ1v) is 8.47. The summed E-state index contributed by atoms with van der Waals surface area (Å²) in [6.07, 6.45) is 0. The highest BCUT2D eigenvalue weighted by molar-refractivity contribution is 7.90. The van der Waals surface area contributed by atoms with E-state index in [1.807, 2.05) is 0 Å². The normalized spacial score (nSPS) is 11.9. The Hall–Kier alpha value is -2.05. The van der Waals surface area contributed by atoms with Gasteiger partial charge in [-0.05, 0) is 29.8 Å². The smallest absolute Gasteiger partial charge is 0.408 e. The second kappa shape index (κ2) is 5.30. The van der Waals surface area contributed by atoms with E-state index in [-0.39, 0.29) is 16.2 Å². The monoisotopic (exact) mass is 337 g/mol. The predicted molar refractivity (Wildman–Crippen MR) is 83.8 cm³/mol. The van der Waals surface area contributed by atoms with E-state index in [9.17, 15) is 13.2 Å². The molecule has 5 nitrogen and oxygen atoms in total. The SMILES string of the molecule is Cn1c(=O)oc2cc(S(=O)(=O)Cc3cccc(Cl)c3)ccc21. The van der Waals surface area contributed by atoms with Gasteiger partial charge < -0.3 is 4.42 Å². The molecule has 0 saturated carbocycles. The van der Waals surface area contributed by atoms with E-state index >= 15 is 0 Å². The molecule has 0 aliphatic rings. The Kier molecular flexibility index (Phi) is 3.58. The summed E-state index contributed by atoms with van der Waals surface area (Å²) in [6.45, 7) is 0. The van der Waals surface area contributed by atoms with Crippen molar-refractivity contribution in [3.8, 4) is 0 Å². The van der Waals surface area contributed by atoms with E-state index in [0.29, 0.717) is 16.1 Å². The number of hydrogen-bond acceptors (Lipinski definition) is 4. The van der Waals surface area contributed by atoms with Crippen LogP contribution in [0.4, 0.5) is 0 Å². The lowest BCUT2D eigenvalue weighted by Gasteiger charge is -2.05. The van der Waals surface area contributed by atoms with Gasteiger partial charge in [0.1, 0.15) is 0 Å². The van der Waals surface area contributed by atoms with Crippen LogP contribution >= 0.6 is 11.6 Å². The van der Waals surface area contributed by atoms with Crippen LogP contribution in [0, 0.1) is 0 Å². The van der Waals surface area contributed by atoms with Crippen LogP contribution in [0.3, 0.4) is 0 Å². The van der Waals surface area contributed by atoms with Crippen molar-refractivity contribution < 1.29 is 12.8 Å². The summed E-state index contributed by atoms with van der Waals surface area (Å²) in [7, 11) is -1.99. The third-order valence-electron chi connectivity index (χ3n) is 3.37.